The van der Waals surface area contributed by atoms with Crippen molar-refractivity contribution in [2.75, 3.05) is 0 Å². The summed E-state index contributed by atoms with van der Waals surface area (Å²) in [6.45, 7) is 5.23. The molecule has 204 valence electrons. The van der Waals surface area contributed by atoms with Gasteiger partial charge in [-0.3, -0.25) is 9.69 Å². The Morgan fingerprint density at radius 1 is 1.21 bits per heavy atom. The van der Waals surface area contributed by atoms with Gasteiger partial charge in [-0.25, -0.2) is 4.79 Å². The molecule has 12 heteroatoms. The van der Waals surface area contributed by atoms with E-state index in [0.29, 0.717) is 23.4 Å². The number of aromatic nitrogens is 2. The van der Waals surface area contributed by atoms with E-state index in [4.69, 9.17) is 17.0 Å². The summed E-state index contributed by atoms with van der Waals surface area (Å²) in [5, 5.41) is 14.3. The fraction of sp³-hybridized carbons (Fsp3) is 0.259. The molecule has 0 saturated carbocycles. The zero-order valence-corrected chi connectivity index (χ0v) is 22.7. The summed E-state index contributed by atoms with van der Waals surface area (Å²) in [6.07, 6.45) is -2.56. The number of ether oxygens (including phenoxy) is 1. The SMILES string of the molecule is CCC(C)[C@@H](C(=O)O)N1C(=O)/C(=C/c2c(C)nn(-c3ccccc3)c2Oc2cccc(C(F)(F)F)c2)SC1=S. The van der Waals surface area contributed by atoms with Crippen molar-refractivity contribution in [3.05, 3.63) is 76.3 Å². The maximum atomic E-state index is 13.4. The fourth-order valence-electron chi connectivity index (χ4n) is 4.06. The number of amides is 1. The highest BCUT2D eigenvalue weighted by Gasteiger charge is 2.43. The standard InChI is InChI=1S/C27H24F3N3O4S2/c1-4-15(2)22(25(35)36)32-23(34)21(39-26(32)38)14-20-16(3)31-33(18-10-6-5-7-11-18)24(20)37-19-12-8-9-17(13-19)27(28,29)30/h5-15,22H,4H2,1-3H3,(H,35,36)/b21-14-/t15?,22-/m0/s1. The van der Waals surface area contributed by atoms with Crippen LogP contribution in [0.5, 0.6) is 11.6 Å². The minimum absolute atomic E-state index is 0.0770. The number of carboxylic acid groups (broad SMARTS) is 1. The van der Waals surface area contributed by atoms with Crippen LogP contribution in [-0.2, 0) is 15.8 Å². The van der Waals surface area contributed by atoms with Gasteiger partial charge in [0.2, 0.25) is 5.88 Å². The number of benzene rings is 2. The van der Waals surface area contributed by atoms with Crippen molar-refractivity contribution in [2.45, 2.75) is 39.4 Å². The van der Waals surface area contributed by atoms with Crippen molar-refractivity contribution in [1.29, 1.82) is 0 Å². The van der Waals surface area contributed by atoms with Crippen LogP contribution in [-0.4, -0.2) is 42.0 Å². The number of hydrogen-bond acceptors (Lipinski definition) is 6. The Balaban J connectivity index is 1.81. The van der Waals surface area contributed by atoms with Gasteiger partial charge in [-0.2, -0.15) is 23.0 Å². The van der Waals surface area contributed by atoms with Gasteiger partial charge in [0.1, 0.15) is 16.1 Å². The van der Waals surface area contributed by atoms with Crippen LogP contribution in [0, 0.1) is 12.8 Å². The fourth-order valence-corrected chi connectivity index (χ4v) is 5.37. The molecular weight excluding hydrogens is 551 g/mol. The maximum Gasteiger partial charge on any atom is 0.416 e. The topological polar surface area (TPSA) is 84.7 Å². The van der Waals surface area contributed by atoms with E-state index in [9.17, 15) is 27.9 Å². The van der Waals surface area contributed by atoms with Gasteiger partial charge in [0, 0.05) is 0 Å². The molecule has 1 saturated heterocycles. The van der Waals surface area contributed by atoms with E-state index >= 15 is 0 Å². The van der Waals surface area contributed by atoms with Crippen molar-refractivity contribution in [3.63, 3.8) is 0 Å². The summed E-state index contributed by atoms with van der Waals surface area (Å²) in [6, 6.07) is 12.1. The first-order valence-electron chi connectivity index (χ1n) is 11.9. The predicted octanol–water partition coefficient (Wildman–Crippen LogP) is 6.69. The second kappa shape index (κ2) is 11.2. The van der Waals surface area contributed by atoms with Gasteiger partial charge in [-0.05, 0) is 49.2 Å². The summed E-state index contributed by atoms with van der Waals surface area (Å²) in [5.41, 5.74) is 0.474. The Bertz CT molecular complexity index is 1450. The number of aliphatic carboxylic acids is 1. The van der Waals surface area contributed by atoms with Crippen molar-refractivity contribution < 1.29 is 32.6 Å². The molecule has 0 bridgehead atoms. The molecule has 1 amide bonds. The molecule has 0 spiro atoms. The molecule has 3 aromatic rings. The first-order valence-corrected chi connectivity index (χ1v) is 13.1. The van der Waals surface area contributed by atoms with Gasteiger partial charge in [0.05, 0.1) is 27.4 Å². The molecule has 39 heavy (non-hydrogen) atoms. The van der Waals surface area contributed by atoms with Crippen LogP contribution in [0.25, 0.3) is 11.8 Å². The summed E-state index contributed by atoms with van der Waals surface area (Å²) in [5.74, 6) is -2.09. The smallest absolute Gasteiger partial charge is 0.416 e. The Hall–Kier alpha value is -3.64. The lowest BCUT2D eigenvalue weighted by atomic mass is 9.98. The third-order valence-electron chi connectivity index (χ3n) is 6.25. The number of rotatable bonds is 8. The van der Waals surface area contributed by atoms with Crippen LogP contribution >= 0.6 is 24.0 Å². The van der Waals surface area contributed by atoms with Gasteiger partial charge in [0.15, 0.2) is 0 Å². The normalized spacial score (nSPS) is 16.6. The highest BCUT2D eigenvalue weighted by Crippen LogP contribution is 2.40. The number of carbonyl (C=O) groups is 2. The number of thioether (sulfide) groups is 1. The van der Waals surface area contributed by atoms with Crippen LogP contribution in [0.1, 0.15) is 37.1 Å². The van der Waals surface area contributed by atoms with Crippen LogP contribution in [0.2, 0.25) is 0 Å². The summed E-state index contributed by atoms with van der Waals surface area (Å²) in [4.78, 5) is 26.7. The van der Waals surface area contributed by atoms with E-state index in [1.165, 1.54) is 22.9 Å². The monoisotopic (exact) mass is 575 g/mol. The minimum atomic E-state index is -4.57. The van der Waals surface area contributed by atoms with Crippen molar-refractivity contribution in [3.8, 4) is 17.3 Å². The third kappa shape index (κ3) is 5.86. The molecule has 4 rings (SSSR count). The van der Waals surface area contributed by atoms with E-state index in [-0.39, 0.29) is 26.8 Å². The Morgan fingerprint density at radius 2 is 1.90 bits per heavy atom. The minimum Gasteiger partial charge on any atom is -0.480 e. The summed E-state index contributed by atoms with van der Waals surface area (Å²) >= 11 is 6.33. The Kier molecular flexibility index (Phi) is 8.17. The van der Waals surface area contributed by atoms with E-state index in [0.717, 1.165) is 28.8 Å². The van der Waals surface area contributed by atoms with E-state index in [2.05, 4.69) is 5.10 Å². The first-order chi connectivity index (χ1) is 18.4. The number of carboxylic acids is 1. The molecule has 1 fully saturated rings. The second-order valence-corrected chi connectivity index (χ2v) is 10.6. The number of thiocarbonyl (C=S) groups is 1. The van der Waals surface area contributed by atoms with Crippen LogP contribution < -0.4 is 4.74 Å². The highest BCUT2D eigenvalue weighted by atomic mass is 32.2. The van der Waals surface area contributed by atoms with Gasteiger partial charge in [0.25, 0.3) is 5.91 Å². The molecule has 1 aliphatic heterocycles. The number of para-hydroxylation sites is 1. The number of halogens is 3. The summed E-state index contributed by atoms with van der Waals surface area (Å²) < 4.78 is 47.6. The van der Waals surface area contributed by atoms with E-state index < -0.39 is 29.7 Å². The lowest BCUT2D eigenvalue weighted by Gasteiger charge is -2.27. The van der Waals surface area contributed by atoms with E-state index in [1.807, 2.05) is 6.92 Å². The first kappa shape index (κ1) is 28.4. The lowest BCUT2D eigenvalue weighted by Crippen LogP contribution is -2.47. The van der Waals surface area contributed by atoms with Gasteiger partial charge < -0.3 is 9.84 Å². The van der Waals surface area contributed by atoms with Crippen LogP contribution in [0.4, 0.5) is 13.2 Å². The average molecular weight is 576 g/mol. The molecule has 1 unspecified atom stereocenters. The summed E-state index contributed by atoms with van der Waals surface area (Å²) in [7, 11) is 0. The van der Waals surface area contributed by atoms with Crippen molar-refractivity contribution in [2.24, 2.45) is 5.92 Å². The molecule has 2 heterocycles. The number of aryl methyl sites for hydroxylation is 1. The molecular formula is C27H24F3N3O4S2. The van der Waals surface area contributed by atoms with E-state index in [1.54, 1.807) is 44.2 Å². The van der Waals surface area contributed by atoms with Crippen molar-refractivity contribution >= 4 is 46.3 Å². The quantitative estimate of drug-likeness (QED) is 0.237. The van der Waals surface area contributed by atoms with Crippen LogP contribution in [0.15, 0.2) is 59.5 Å². The van der Waals surface area contributed by atoms with Gasteiger partial charge in [-0.1, -0.05) is 68.5 Å². The molecule has 7 nitrogen and oxygen atoms in total. The number of alkyl halides is 3. The molecule has 0 aliphatic carbocycles. The zero-order chi connectivity index (χ0) is 28.5. The molecule has 0 radical (unpaired) electrons. The second-order valence-electron chi connectivity index (χ2n) is 8.90. The molecule has 1 aliphatic rings. The number of carbonyl (C=O) groups excluding carboxylic acids is 1. The highest BCUT2D eigenvalue weighted by molar-refractivity contribution is 8.26. The predicted molar refractivity (Wildman–Crippen MR) is 146 cm³/mol. The number of hydrogen-bond donors (Lipinski definition) is 1. The van der Waals surface area contributed by atoms with Gasteiger partial charge in [-0.15, -0.1) is 0 Å². The Morgan fingerprint density at radius 3 is 2.51 bits per heavy atom. The number of nitrogens with zero attached hydrogens (tertiary/aromatic N) is 3. The van der Waals surface area contributed by atoms with Crippen LogP contribution in [0.3, 0.4) is 0 Å². The average Bonchev–Trinajstić information content (AvgIpc) is 3.34. The molecule has 1 aromatic heterocycles. The molecule has 2 atom stereocenters. The zero-order valence-electron chi connectivity index (χ0n) is 21.1. The lowest BCUT2D eigenvalue weighted by molar-refractivity contribution is -0.147. The van der Waals surface area contributed by atoms with Gasteiger partial charge >= 0.3 is 12.1 Å². The Labute approximate surface area is 232 Å². The third-order valence-corrected chi connectivity index (χ3v) is 7.58. The molecule has 1 N–H and O–H groups in total. The largest absolute Gasteiger partial charge is 0.480 e. The molecule has 2 aromatic carbocycles. The maximum absolute atomic E-state index is 13.4. The van der Waals surface area contributed by atoms with Crippen molar-refractivity contribution in [1.82, 2.24) is 14.7 Å².